The molecular formula is C7H13NO2. The molecule has 3 heteroatoms. The van der Waals surface area contributed by atoms with Crippen LogP contribution in [0, 0.1) is 0 Å². The second-order valence-electron chi connectivity index (χ2n) is 3.20. The summed E-state index contributed by atoms with van der Waals surface area (Å²) in [5.41, 5.74) is 0. The fraction of sp³-hybridized carbons (Fsp3) is 1.00. The van der Waals surface area contributed by atoms with Crippen LogP contribution in [0.2, 0.25) is 0 Å². The van der Waals surface area contributed by atoms with Crippen LogP contribution in [0.5, 0.6) is 0 Å². The molecule has 2 aliphatic rings. The summed E-state index contributed by atoms with van der Waals surface area (Å²) in [7, 11) is 0. The topological polar surface area (TPSA) is 32.7 Å². The van der Waals surface area contributed by atoms with Gasteiger partial charge in [-0.2, -0.15) is 0 Å². The van der Waals surface area contributed by atoms with Crippen LogP contribution in [0.4, 0.5) is 0 Å². The summed E-state index contributed by atoms with van der Waals surface area (Å²) in [6.07, 6.45) is 2.04. The van der Waals surface area contributed by atoms with E-state index in [0.717, 1.165) is 6.54 Å². The van der Waals surface area contributed by atoms with Crippen molar-refractivity contribution in [1.29, 1.82) is 0 Å². The van der Waals surface area contributed by atoms with Gasteiger partial charge in [-0.15, -0.1) is 0 Å². The van der Waals surface area contributed by atoms with Crippen molar-refractivity contribution in [3.8, 4) is 0 Å². The van der Waals surface area contributed by atoms with Gasteiger partial charge in [0.2, 0.25) is 6.41 Å². The van der Waals surface area contributed by atoms with E-state index >= 15 is 0 Å². The van der Waals surface area contributed by atoms with Crippen molar-refractivity contribution in [1.82, 2.24) is 4.90 Å². The van der Waals surface area contributed by atoms with Crippen LogP contribution in [0.25, 0.3) is 0 Å². The second-order valence-corrected chi connectivity index (χ2v) is 3.20. The predicted octanol–water partition coefficient (Wildman–Crippen LogP) is 0.145. The highest BCUT2D eigenvalue weighted by atomic mass is 16.6. The minimum atomic E-state index is -0.623. The average molecular weight is 143 g/mol. The lowest BCUT2D eigenvalue weighted by atomic mass is 10.4. The molecule has 0 aromatic carbocycles. The first-order chi connectivity index (χ1) is 4.77. The molecule has 0 aromatic rings. The number of aliphatic hydroxyl groups excluding tert-OH is 1. The largest absolute Gasteiger partial charge is 0.356 e. The van der Waals surface area contributed by atoms with E-state index < -0.39 is 6.41 Å². The quantitative estimate of drug-likeness (QED) is 0.567. The maximum Gasteiger partial charge on any atom is 0.216 e. The van der Waals surface area contributed by atoms with Crippen LogP contribution in [-0.2, 0) is 4.74 Å². The molecule has 2 fully saturated rings. The van der Waals surface area contributed by atoms with Gasteiger partial charge >= 0.3 is 0 Å². The van der Waals surface area contributed by atoms with Crippen molar-refractivity contribution in [2.24, 2.45) is 0 Å². The van der Waals surface area contributed by atoms with Gasteiger partial charge in [0.25, 0.3) is 0 Å². The highest BCUT2D eigenvalue weighted by Gasteiger charge is 2.39. The van der Waals surface area contributed by atoms with Gasteiger partial charge < -0.3 is 9.84 Å². The van der Waals surface area contributed by atoms with E-state index in [9.17, 15) is 5.11 Å². The molecule has 1 unspecified atom stereocenters. The highest BCUT2D eigenvalue weighted by Crippen LogP contribution is 2.31. The zero-order chi connectivity index (χ0) is 7.14. The van der Waals surface area contributed by atoms with Gasteiger partial charge in [0.15, 0.2) is 0 Å². The SMILES string of the molecule is C[C@H]1CN(C2CC2)C(O)O1. The average Bonchev–Trinajstić information content (AvgIpc) is 2.61. The van der Waals surface area contributed by atoms with Crippen molar-refractivity contribution in [2.45, 2.75) is 38.3 Å². The minimum Gasteiger partial charge on any atom is -0.356 e. The standard InChI is InChI=1S/C7H13NO2/c1-5-4-8(6-2-3-6)7(9)10-5/h5-7,9H,2-4H2,1H3/t5-,7?/m0/s1. The van der Waals surface area contributed by atoms with Gasteiger partial charge in [0.05, 0.1) is 6.10 Å². The van der Waals surface area contributed by atoms with Crippen molar-refractivity contribution >= 4 is 0 Å². The molecule has 58 valence electrons. The van der Waals surface area contributed by atoms with Crippen LogP contribution < -0.4 is 0 Å². The van der Waals surface area contributed by atoms with E-state index in [1.807, 2.05) is 11.8 Å². The molecule has 3 nitrogen and oxygen atoms in total. The molecular weight excluding hydrogens is 130 g/mol. The molecule has 0 spiro atoms. The molecule has 1 N–H and O–H groups in total. The third-order valence-electron chi connectivity index (χ3n) is 2.12. The van der Waals surface area contributed by atoms with Crippen LogP contribution in [0.3, 0.4) is 0 Å². The van der Waals surface area contributed by atoms with Crippen LogP contribution in [0.15, 0.2) is 0 Å². The molecule has 1 aliphatic carbocycles. The number of aliphatic hydroxyl groups is 1. The van der Waals surface area contributed by atoms with E-state index in [1.165, 1.54) is 12.8 Å². The Bertz CT molecular complexity index is 136. The van der Waals surface area contributed by atoms with E-state index in [1.54, 1.807) is 0 Å². The normalized spacial score (nSPS) is 42.6. The van der Waals surface area contributed by atoms with Crippen LogP contribution in [0.1, 0.15) is 19.8 Å². The van der Waals surface area contributed by atoms with E-state index in [2.05, 4.69) is 0 Å². The molecule has 10 heavy (non-hydrogen) atoms. The number of ether oxygens (including phenoxy) is 1. The summed E-state index contributed by atoms with van der Waals surface area (Å²) in [4.78, 5) is 2.03. The molecule has 1 saturated heterocycles. The lowest BCUT2D eigenvalue weighted by molar-refractivity contribution is -0.149. The van der Waals surface area contributed by atoms with Gasteiger partial charge in [-0.1, -0.05) is 0 Å². The summed E-state index contributed by atoms with van der Waals surface area (Å²) in [5, 5.41) is 9.27. The summed E-state index contributed by atoms with van der Waals surface area (Å²) >= 11 is 0. The maximum atomic E-state index is 9.27. The Kier molecular flexibility index (Phi) is 1.44. The first kappa shape index (κ1) is 6.58. The monoisotopic (exact) mass is 143 g/mol. The molecule has 0 amide bonds. The van der Waals surface area contributed by atoms with Gasteiger partial charge in [-0.3, -0.25) is 0 Å². The van der Waals surface area contributed by atoms with E-state index in [0.29, 0.717) is 6.04 Å². The van der Waals surface area contributed by atoms with Gasteiger partial charge in [0, 0.05) is 12.6 Å². The molecule has 1 aliphatic heterocycles. The van der Waals surface area contributed by atoms with Gasteiger partial charge in [-0.05, 0) is 19.8 Å². The lowest BCUT2D eigenvalue weighted by Gasteiger charge is -2.15. The molecule has 2 atom stereocenters. The summed E-state index contributed by atoms with van der Waals surface area (Å²) in [6, 6.07) is 0.611. The Morgan fingerprint density at radius 3 is 2.60 bits per heavy atom. The van der Waals surface area contributed by atoms with Gasteiger partial charge in [-0.25, -0.2) is 4.90 Å². The molecule has 0 bridgehead atoms. The Labute approximate surface area is 60.6 Å². The third-order valence-corrected chi connectivity index (χ3v) is 2.12. The molecule has 0 radical (unpaired) electrons. The number of rotatable bonds is 1. The van der Waals surface area contributed by atoms with Crippen LogP contribution in [-0.4, -0.2) is 35.1 Å². The first-order valence-corrected chi connectivity index (χ1v) is 3.86. The highest BCUT2D eigenvalue weighted by molar-refractivity contribution is 4.87. The first-order valence-electron chi connectivity index (χ1n) is 3.86. The Hall–Kier alpha value is -0.120. The van der Waals surface area contributed by atoms with E-state index in [-0.39, 0.29) is 6.10 Å². The Morgan fingerprint density at radius 2 is 2.20 bits per heavy atom. The van der Waals surface area contributed by atoms with Crippen molar-refractivity contribution in [2.75, 3.05) is 6.54 Å². The van der Waals surface area contributed by atoms with E-state index in [4.69, 9.17) is 4.74 Å². The molecule has 2 rings (SSSR count). The van der Waals surface area contributed by atoms with Crippen molar-refractivity contribution in [3.05, 3.63) is 0 Å². The zero-order valence-electron chi connectivity index (χ0n) is 6.16. The predicted molar refractivity (Wildman–Crippen MR) is 36.3 cm³/mol. The fourth-order valence-corrected chi connectivity index (χ4v) is 1.45. The maximum absolute atomic E-state index is 9.27. The second kappa shape index (κ2) is 2.19. The Morgan fingerprint density at radius 1 is 1.50 bits per heavy atom. The number of hydrogen-bond acceptors (Lipinski definition) is 3. The molecule has 1 heterocycles. The number of hydrogen-bond donors (Lipinski definition) is 1. The summed E-state index contributed by atoms with van der Waals surface area (Å²) < 4.78 is 5.16. The molecule has 0 aromatic heterocycles. The van der Waals surface area contributed by atoms with Crippen LogP contribution >= 0.6 is 0 Å². The van der Waals surface area contributed by atoms with Gasteiger partial charge in [0.1, 0.15) is 0 Å². The van der Waals surface area contributed by atoms with Crippen molar-refractivity contribution < 1.29 is 9.84 Å². The fourth-order valence-electron chi connectivity index (χ4n) is 1.45. The Balaban J connectivity index is 1.95. The number of nitrogens with zero attached hydrogens (tertiary/aromatic N) is 1. The molecule has 1 saturated carbocycles. The smallest absolute Gasteiger partial charge is 0.216 e. The van der Waals surface area contributed by atoms with Crippen molar-refractivity contribution in [3.63, 3.8) is 0 Å². The summed E-state index contributed by atoms with van der Waals surface area (Å²) in [5.74, 6) is 0. The minimum absolute atomic E-state index is 0.204. The lowest BCUT2D eigenvalue weighted by Crippen LogP contribution is -2.31. The third kappa shape index (κ3) is 1.05. The summed E-state index contributed by atoms with van der Waals surface area (Å²) in [6.45, 7) is 2.89. The zero-order valence-corrected chi connectivity index (χ0v) is 6.16.